The summed E-state index contributed by atoms with van der Waals surface area (Å²) in [6, 6.07) is 1.46. The van der Waals surface area contributed by atoms with Crippen LogP contribution in [-0.4, -0.2) is 18.5 Å². The Bertz CT molecular complexity index is 386. The minimum absolute atomic E-state index is 0.0263. The Morgan fingerprint density at radius 2 is 2.12 bits per heavy atom. The molecule has 1 aromatic rings. The van der Waals surface area contributed by atoms with Crippen molar-refractivity contribution in [3.8, 4) is 11.6 Å². The van der Waals surface area contributed by atoms with Crippen LogP contribution in [0.1, 0.15) is 5.69 Å². The predicted molar refractivity (Wildman–Crippen MR) is 59.7 cm³/mol. The number of rotatable bonds is 3. The molecule has 0 fully saturated rings. The molecule has 1 rings (SSSR count). The molecule has 90 valence electrons. The van der Waals surface area contributed by atoms with Crippen LogP contribution in [0.4, 0.5) is 13.2 Å². The van der Waals surface area contributed by atoms with Crippen LogP contribution in [0.3, 0.4) is 0 Å². The van der Waals surface area contributed by atoms with E-state index in [0.717, 1.165) is 0 Å². The fourth-order valence-electron chi connectivity index (χ4n) is 0.926. The van der Waals surface area contributed by atoms with Gasteiger partial charge in [-0.25, -0.2) is 4.98 Å². The first-order valence-electron chi connectivity index (χ1n) is 3.92. The fourth-order valence-corrected chi connectivity index (χ4v) is 1.67. The van der Waals surface area contributed by atoms with Crippen molar-refractivity contribution in [1.29, 1.82) is 0 Å². The lowest BCUT2D eigenvalue weighted by atomic mass is 10.3. The number of hydrogen-bond donors (Lipinski definition) is 0. The predicted octanol–water partition coefficient (Wildman–Crippen LogP) is 3.33. The maximum atomic E-state index is 12.1. The van der Waals surface area contributed by atoms with Gasteiger partial charge >= 0.3 is 6.36 Å². The maximum Gasteiger partial charge on any atom is 0.574 e. The SMILES string of the molecule is COc1cc(CCl)nc(OC(F)(F)F)c1I. The molecule has 0 bridgehead atoms. The molecular formula is C8H6ClF3INO2. The molecule has 0 amide bonds. The molecule has 0 saturated heterocycles. The van der Waals surface area contributed by atoms with Crippen LogP contribution < -0.4 is 9.47 Å². The van der Waals surface area contributed by atoms with Gasteiger partial charge in [0.25, 0.3) is 0 Å². The molecule has 0 unspecified atom stereocenters. The molecule has 0 N–H and O–H groups in total. The van der Waals surface area contributed by atoms with Crippen LogP contribution in [0.5, 0.6) is 11.6 Å². The first-order chi connectivity index (χ1) is 7.37. The Kier molecular flexibility index (Phi) is 4.48. The molecule has 0 aliphatic heterocycles. The molecule has 0 spiro atoms. The molecule has 8 heteroatoms. The Morgan fingerprint density at radius 1 is 1.50 bits per heavy atom. The summed E-state index contributed by atoms with van der Waals surface area (Å²) < 4.78 is 45.0. The van der Waals surface area contributed by atoms with Crippen molar-refractivity contribution in [2.75, 3.05) is 7.11 Å². The summed E-state index contributed by atoms with van der Waals surface area (Å²) in [4.78, 5) is 3.62. The number of alkyl halides is 4. The number of ether oxygens (including phenoxy) is 2. The fraction of sp³-hybridized carbons (Fsp3) is 0.375. The Balaban J connectivity index is 3.16. The van der Waals surface area contributed by atoms with E-state index in [0.29, 0.717) is 0 Å². The third kappa shape index (κ3) is 3.55. The number of halogens is 5. The van der Waals surface area contributed by atoms with Crippen LogP contribution in [0.15, 0.2) is 6.07 Å². The molecule has 0 aromatic carbocycles. The van der Waals surface area contributed by atoms with Gasteiger partial charge in [-0.1, -0.05) is 0 Å². The third-order valence-electron chi connectivity index (χ3n) is 1.52. The first kappa shape index (κ1) is 13.6. The van der Waals surface area contributed by atoms with Gasteiger partial charge in [0.1, 0.15) is 9.32 Å². The van der Waals surface area contributed by atoms with Gasteiger partial charge in [0.15, 0.2) is 0 Å². The van der Waals surface area contributed by atoms with Gasteiger partial charge in [-0.3, -0.25) is 0 Å². The first-order valence-corrected chi connectivity index (χ1v) is 5.54. The van der Waals surface area contributed by atoms with Crippen molar-refractivity contribution in [2.45, 2.75) is 12.2 Å². The summed E-state index contributed by atoms with van der Waals surface area (Å²) in [6.45, 7) is 0. The van der Waals surface area contributed by atoms with Crippen molar-refractivity contribution in [2.24, 2.45) is 0 Å². The highest BCUT2D eigenvalue weighted by Gasteiger charge is 2.33. The quantitative estimate of drug-likeness (QED) is 0.607. The van der Waals surface area contributed by atoms with Gasteiger partial charge in [-0.05, 0) is 22.6 Å². The second-order valence-electron chi connectivity index (χ2n) is 2.62. The van der Waals surface area contributed by atoms with E-state index >= 15 is 0 Å². The molecule has 16 heavy (non-hydrogen) atoms. The van der Waals surface area contributed by atoms with Crippen molar-refractivity contribution in [3.63, 3.8) is 0 Å². The molecular weight excluding hydrogens is 361 g/mol. The van der Waals surface area contributed by atoms with Crippen LogP contribution in [0.2, 0.25) is 0 Å². The zero-order valence-corrected chi connectivity index (χ0v) is 10.9. The number of aromatic nitrogens is 1. The van der Waals surface area contributed by atoms with E-state index < -0.39 is 12.2 Å². The Hall–Kier alpha value is -0.440. The van der Waals surface area contributed by atoms with Gasteiger partial charge in [-0.2, -0.15) is 0 Å². The van der Waals surface area contributed by atoms with Crippen LogP contribution >= 0.6 is 34.2 Å². The Morgan fingerprint density at radius 3 is 2.56 bits per heavy atom. The maximum absolute atomic E-state index is 12.1. The molecule has 0 saturated carbocycles. The lowest BCUT2D eigenvalue weighted by Crippen LogP contribution is -2.19. The number of hydrogen-bond acceptors (Lipinski definition) is 3. The van der Waals surface area contributed by atoms with E-state index in [4.69, 9.17) is 16.3 Å². The summed E-state index contributed by atoms with van der Waals surface area (Å²) in [7, 11) is 1.34. The van der Waals surface area contributed by atoms with E-state index in [-0.39, 0.29) is 20.9 Å². The molecule has 0 aliphatic carbocycles. The van der Waals surface area contributed by atoms with Crippen molar-refractivity contribution >= 4 is 34.2 Å². The second kappa shape index (κ2) is 5.26. The van der Waals surface area contributed by atoms with Crippen LogP contribution in [-0.2, 0) is 5.88 Å². The van der Waals surface area contributed by atoms with E-state index in [2.05, 4.69) is 9.72 Å². The van der Waals surface area contributed by atoms with Crippen LogP contribution in [0.25, 0.3) is 0 Å². The zero-order chi connectivity index (χ0) is 12.3. The smallest absolute Gasteiger partial charge is 0.495 e. The highest BCUT2D eigenvalue weighted by molar-refractivity contribution is 14.1. The van der Waals surface area contributed by atoms with E-state index in [1.807, 2.05) is 0 Å². The summed E-state index contributed by atoms with van der Waals surface area (Å²) in [5.74, 6) is -0.338. The van der Waals surface area contributed by atoms with Gasteiger partial charge in [0.2, 0.25) is 5.88 Å². The largest absolute Gasteiger partial charge is 0.574 e. The summed E-state index contributed by atoms with van der Waals surface area (Å²) in [5.41, 5.74) is 0.248. The van der Waals surface area contributed by atoms with Gasteiger partial charge in [-0.15, -0.1) is 24.8 Å². The molecule has 3 nitrogen and oxygen atoms in total. The number of nitrogens with zero attached hydrogens (tertiary/aromatic N) is 1. The molecule has 0 atom stereocenters. The van der Waals surface area contributed by atoms with E-state index in [9.17, 15) is 13.2 Å². The van der Waals surface area contributed by atoms with Gasteiger partial charge < -0.3 is 9.47 Å². The second-order valence-corrected chi connectivity index (χ2v) is 3.96. The average molecular weight is 367 g/mol. The lowest BCUT2D eigenvalue weighted by Gasteiger charge is -2.12. The van der Waals surface area contributed by atoms with E-state index in [1.165, 1.54) is 13.2 Å². The standard InChI is InChI=1S/C8H6ClF3INO2/c1-15-5-2-4(3-9)14-7(6(5)13)16-8(10,11)12/h2H,3H2,1H3. The van der Waals surface area contributed by atoms with E-state index in [1.54, 1.807) is 22.6 Å². The Labute approximate surface area is 108 Å². The topological polar surface area (TPSA) is 31.4 Å². The molecule has 0 aliphatic rings. The van der Waals surface area contributed by atoms with Gasteiger partial charge in [0, 0.05) is 6.07 Å². The molecule has 1 heterocycles. The molecule has 0 radical (unpaired) electrons. The van der Waals surface area contributed by atoms with Crippen molar-refractivity contribution in [3.05, 3.63) is 15.3 Å². The van der Waals surface area contributed by atoms with Crippen molar-refractivity contribution in [1.82, 2.24) is 4.98 Å². The summed E-state index contributed by atoms with van der Waals surface area (Å²) in [6.07, 6.45) is -4.79. The number of pyridine rings is 1. The summed E-state index contributed by atoms with van der Waals surface area (Å²) in [5, 5.41) is 0. The minimum atomic E-state index is -4.79. The van der Waals surface area contributed by atoms with Crippen LogP contribution in [0, 0.1) is 3.57 Å². The third-order valence-corrected chi connectivity index (χ3v) is 2.78. The number of methoxy groups -OCH3 is 1. The average Bonchev–Trinajstić information content (AvgIpc) is 2.19. The highest BCUT2D eigenvalue weighted by atomic mass is 127. The monoisotopic (exact) mass is 367 g/mol. The molecule has 1 aromatic heterocycles. The zero-order valence-electron chi connectivity index (χ0n) is 7.94. The lowest BCUT2D eigenvalue weighted by molar-refractivity contribution is -0.276. The normalized spacial score (nSPS) is 11.4. The van der Waals surface area contributed by atoms with Crippen molar-refractivity contribution < 1.29 is 22.6 Å². The highest BCUT2D eigenvalue weighted by Crippen LogP contribution is 2.33. The van der Waals surface area contributed by atoms with Gasteiger partial charge in [0.05, 0.1) is 18.7 Å². The minimum Gasteiger partial charge on any atom is -0.495 e. The summed E-state index contributed by atoms with van der Waals surface area (Å²) >= 11 is 7.15.